The Kier molecular flexibility index (Phi) is 2.11. The summed E-state index contributed by atoms with van der Waals surface area (Å²) in [4.78, 5) is 5.06. The minimum absolute atomic E-state index is 0.111. The van der Waals surface area contributed by atoms with Gasteiger partial charge < -0.3 is 9.57 Å². The quantitative estimate of drug-likeness (QED) is 0.479. The van der Waals surface area contributed by atoms with Crippen molar-refractivity contribution in [3.8, 4) is 0 Å². The van der Waals surface area contributed by atoms with Gasteiger partial charge in [0.1, 0.15) is 0 Å². The highest BCUT2D eigenvalue weighted by Gasteiger charge is 2.62. The molecule has 3 atom stereocenters. The van der Waals surface area contributed by atoms with Crippen LogP contribution in [-0.4, -0.2) is 31.5 Å². The van der Waals surface area contributed by atoms with Gasteiger partial charge in [0.15, 0.2) is 5.72 Å². The third-order valence-electron chi connectivity index (χ3n) is 3.54. The second kappa shape index (κ2) is 2.92. The number of hydrogen-bond acceptors (Lipinski definition) is 4. The molecule has 0 amide bonds. The maximum absolute atomic E-state index is 5.76. The third kappa shape index (κ3) is 1.21. The fourth-order valence-corrected chi connectivity index (χ4v) is 2.19. The number of ether oxygens (including phenoxy) is 1. The lowest BCUT2D eigenvalue weighted by molar-refractivity contribution is -0.148. The van der Waals surface area contributed by atoms with Gasteiger partial charge in [-0.3, -0.25) is 5.32 Å². The minimum Gasteiger partial charge on any atom is -0.357 e. The summed E-state index contributed by atoms with van der Waals surface area (Å²) in [6.07, 6.45) is 1.08. The molecule has 76 valence electrons. The topological polar surface area (TPSA) is 52.4 Å². The van der Waals surface area contributed by atoms with E-state index >= 15 is 0 Å². The van der Waals surface area contributed by atoms with Gasteiger partial charge in [0.25, 0.3) is 0 Å². The highest BCUT2D eigenvalue weighted by Crippen LogP contribution is 2.42. The van der Waals surface area contributed by atoms with Crippen LogP contribution in [0.5, 0.6) is 0 Å². The van der Waals surface area contributed by atoms with E-state index in [0.29, 0.717) is 5.92 Å². The van der Waals surface area contributed by atoms with Crippen molar-refractivity contribution in [1.29, 1.82) is 0 Å². The predicted octanol–water partition coefficient (Wildman–Crippen LogP) is 0.252. The highest BCUT2D eigenvalue weighted by molar-refractivity contribution is 5.15. The van der Waals surface area contributed by atoms with Crippen molar-refractivity contribution in [3.63, 3.8) is 0 Å². The summed E-state index contributed by atoms with van der Waals surface area (Å²) in [5.41, 5.74) is 2.78. The molecular formula is C9H18N2O2. The van der Waals surface area contributed by atoms with Gasteiger partial charge in [-0.2, -0.15) is 5.48 Å². The molecule has 1 spiro atoms. The molecule has 0 saturated carbocycles. The molecule has 0 aromatic carbocycles. The molecule has 2 heterocycles. The fraction of sp³-hybridized carbons (Fsp3) is 1.00. The van der Waals surface area contributed by atoms with Gasteiger partial charge in [-0.05, 0) is 19.3 Å². The van der Waals surface area contributed by atoms with Gasteiger partial charge in [0, 0.05) is 13.2 Å². The molecule has 3 unspecified atom stereocenters. The van der Waals surface area contributed by atoms with Crippen LogP contribution in [0.15, 0.2) is 0 Å². The zero-order valence-corrected chi connectivity index (χ0v) is 8.52. The first-order valence-electron chi connectivity index (χ1n) is 4.84. The summed E-state index contributed by atoms with van der Waals surface area (Å²) in [6, 6.07) is 0. The molecule has 2 fully saturated rings. The Morgan fingerprint density at radius 2 is 2.31 bits per heavy atom. The third-order valence-corrected chi connectivity index (χ3v) is 3.54. The lowest BCUT2D eigenvalue weighted by atomic mass is 9.78. The van der Waals surface area contributed by atoms with Crippen LogP contribution in [0, 0.1) is 5.92 Å². The second-order valence-corrected chi connectivity index (χ2v) is 4.23. The lowest BCUT2D eigenvalue weighted by Crippen LogP contribution is -2.63. The molecule has 2 N–H and O–H groups in total. The van der Waals surface area contributed by atoms with Crippen LogP contribution in [-0.2, 0) is 9.57 Å². The molecule has 0 aliphatic carbocycles. The smallest absolute Gasteiger partial charge is 0.152 e. The average molecular weight is 186 g/mol. The van der Waals surface area contributed by atoms with E-state index < -0.39 is 0 Å². The van der Waals surface area contributed by atoms with Gasteiger partial charge in [-0.25, -0.2) is 0 Å². The molecule has 0 aromatic heterocycles. The first-order chi connectivity index (χ1) is 6.15. The van der Waals surface area contributed by atoms with Crippen LogP contribution >= 0.6 is 0 Å². The normalized spacial score (nSPS) is 49.6. The summed E-state index contributed by atoms with van der Waals surface area (Å²) in [6.45, 7) is 6.15. The monoisotopic (exact) mass is 186 g/mol. The van der Waals surface area contributed by atoms with Crippen molar-refractivity contribution >= 4 is 0 Å². The van der Waals surface area contributed by atoms with Gasteiger partial charge in [0.05, 0.1) is 12.6 Å². The van der Waals surface area contributed by atoms with Gasteiger partial charge >= 0.3 is 0 Å². The second-order valence-electron chi connectivity index (χ2n) is 4.23. The standard InChI is InChI=1S/C9H18N2O2/c1-7-4-5-13-9(6-10-9)8(7,2)11-12-3/h7,10-11H,4-6H2,1-3H3. The van der Waals surface area contributed by atoms with Crippen LogP contribution in [0.2, 0.25) is 0 Å². The van der Waals surface area contributed by atoms with Crippen LogP contribution in [0.3, 0.4) is 0 Å². The van der Waals surface area contributed by atoms with E-state index in [1.54, 1.807) is 7.11 Å². The first-order valence-corrected chi connectivity index (χ1v) is 4.84. The predicted molar refractivity (Wildman–Crippen MR) is 49.0 cm³/mol. The maximum atomic E-state index is 5.76. The van der Waals surface area contributed by atoms with Gasteiger partial charge in [-0.15, -0.1) is 0 Å². The van der Waals surface area contributed by atoms with Crippen molar-refractivity contribution in [1.82, 2.24) is 10.8 Å². The molecule has 2 saturated heterocycles. The number of rotatable bonds is 2. The molecule has 2 aliphatic heterocycles. The summed E-state index contributed by atoms with van der Waals surface area (Å²) >= 11 is 0. The Morgan fingerprint density at radius 3 is 2.85 bits per heavy atom. The molecule has 4 heteroatoms. The Bertz CT molecular complexity index is 206. The minimum atomic E-state index is -0.180. The lowest BCUT2D eigenvalue weighted by Gasteiger charge is -2.45. The first kappa shape index (κ1) is 9.40. The summed E-state index contributed by atoms with van der Waals surface area (Å²) < 4.78 is 5.76. The van der Waals surface area contributed by atoms with Gasteiger partial charge in [-0.1, -0.05) is 6.92 Å². The molecule has 0 aromatic rings. The van der Waals surface area contributed by atoms with Crippen LogP contribution in [0.25, 0.3) is 0 Å². The summed E-state index contributed by atoms with van der Waals surface area (Å²) in [5, 5.41) is 3.29. The van der Waals surface area contributed by atoms with Crippen molar-refractivity contribution in [2.24, 2.45) is 5.92 Å². The van der Waals surface area contributed by atoms with Crippen LogP contribution in [0.1, 0.15) is 20.3 Å². The Labute approximate surface area is 78.9 Å². The SMILES string of the molecule is CONC1(C)C(C)CCOC12CN2. The Morgan fingerprint density at radius 1 is 1.62 bits per heavy atom. The van der Waals surface area contributed by atoms with E-state index in [4.69, 9.17) is 9.57 Å². The highest BCUT2D eigenvalue weighted by atomic mass is 16.6. The van der Waals surface area contributed by atoms with Crippen LogP contribution in [0.4, 0.5) is 0 Å². The number of hydrogen-bond donors (Lipinski definition) is 2. The number of hydroxylamine groups is 1. The van der Waals surface area contributed by atoms with Crippen molar-refractivity contribution in [2.45, 2.75) is 31.5 Å². The van der Waals surface area contributed by atoms with Crippen molar-refractivity contribution < 1.29 is 9.57 Å². The van der Waals surface area contributed by atoms with E-state index in [1.807, 2.05) is 0 Å². The van der Waals surface area contributed by atoms with E-state index in [2.05, 4.69) is 24.6 Å². The fourth-order valence-electron chi connectivity index (χ4n) is 2.19. The molecule has 0 radical (unpaired) electrons. The largest absolute Gasteiger partial charge is 0.357 e. The summed E-state index contributed by atoms with van der Waals surface area (Å²) in [7, 11) is 1.66. The molecule has 2 aliphatic rings. The molecule has 2 rings (SSSR count). The Hall–Kier alpha value is -0.160. The van der Waals surface area contributed by atoms with E-state index in [-0.39, 0.29) is 11.3 Å². The average Bonchev–Trinajstić information content (AvgIpc) is 2.84. The van der Waals surface area contributed by atoms with E-state index in [1.165, 1.54) is 0 Å². The Balaban J connectivity index is 2.18. The zero-order valence-electron chi connectivity index (χ0n) is 8.52. The molecule has 0 bridgehead atoms. The van der Waals surface area contributed by atoms with Crippen molar-refractivity contribution in [2.75, 3.05) is 20.3 Å². The summed E-state index contributed by atoms with van der Waals surface area (Å²) in [5.74, 6) is 0.552. The van der Waals surface area contributed by atoms with E-state index in [0.717, 1.165) is 19.6 Å². The number of nitrogens with one attached hydrogen (secondary N) is 2. The van der Waals surface area contributed by atoms with Gasteiger partial charge in [0.2, 0.25) is 0 Å². The van der Waals surface area contributed by atoms with Crippen LogP contribution < -0.4 is 10.8 Å². The molecule has 4 nitrogen and oxygen atoms in total. The van der Waals surface area contributed by atoms with E-state index in [9.17, 15) is 0 Å². The zero-order chi connectivity index (χ0) is 9.53. The molecular weight excluding hydrogens is 168 g/mol. The van der Waals surface area contributed by atoms with Crippen molar-refractivity contribution in [3.05, 3.63) is 0 Å². The maximum Gasteiger partial charge on any atom is 0.152 e. The molecule has 13 heavy (non-hydrogen) atoms.